The molecule has 0 saturated carbocycles. The molecule has 29 heavy (non-hydrogen) atoms. The van der Waals surface area contributed by atoms with Crippen molar-refractivity contribution < 1.29 is 9.59 Å². The van der Waals surface area contributed by atoms with Gasteiger partial charge < -0.3 is 20.9 Å². The van der Waals surface area contributed by atoms with E-state index in [-0.39, 0.29) is 12.1 Å². The second-order valence-corrected chi connectivity index (χ2v) is 8.48. The van der Waals surface area contributed by atoms with Crippen LogP contribution in [-0.4, -0.2) is 61.1 Å². The molecule has 1 aliphatic rings. The Bertz CT molecular complexity index is 819. The maximum absolute atomic E-state index is 12.4. The largest absolute Gasteiger partial charge is 0.337 e. The van der Waals surface area contributed by atoms with E-state index >= 15 is 0 Å². The van der Waals surface area contributed by atoms with Crippen LogP contribution in [0.2, 0.25) is 0 Å². The summed E-state index contributed by atoms with van der Waals surface area (Å²) < 4.78 is 1.94. The van der Waals surface area contributed by atoms with Gasteiger partial charge in [0.2, 0.25) is 0 Å². The zero-order valence-electron chi connectivity index (χ0n) is 15.8. The number of carbonyl (C=O) groups is 2. The van der Waals surface area contributed by atoms with Gasteiger partial charge in [0.25, 0.3) is 0 Å². The van der Waals surface area contributed by atoms with Gasteiger partial charge >= 0.3 is 12.1 Å². The lowest BCUT2D eigenvalue weighted by Gasteiger charge is -2.34. The number of anilines is 2. The van der Waals surface area contributed by atoms with Crippen molar-refractivity contribution >= 4 is 55.3 Å². The van der Waals surface area contributed by atoms with Crippen LogP contribution >= 0.6 is 31.9 Å². The van der Waals surface area contributed by atoms with E-state index in [1.165, 1.54) is 0 Å². The van der Waals surface area contributed by atoms with E-state index < -0.39 is 0 Å². The van der Waals surface area contributed by atoms with Crippen molar-refractivity contribution in [1.82, 2.24) is 15.1 Å². The zero-order valence-corrected chi connectivity index (χ0v) is 19.0. The van der Waals surface area contributed by atoms with E-state index in [1.54, 1.807) is 0 Å². The van der Waals surface area contributed by atoms with Crippen molar-refractivity contribution in [3.8, 4) is 0 Å². The Kier molecular flexibility index (Phi) is 7.91. The number of nitrogens with one attached hydrogen (secondary N) is 3. The van der Waals surface area contributed by atoms with Gasteiger partial charge in [0.15, 0.2) is 0 Å². The summed E-state index contributed by atoms with van der Waals surface area (Å²) in [6.45, 7) is 4.18. The summed E-state index contributed by atoms with van der Waals surface area (Å²) in [6, 6.07) is 14.6. The molecule has 0 bridgehead atoms. The quantitative estimate of drug-likeness (QED) is 0.549. The molecule has 2 aromatic carbocycles. The van der Waals surface area contributed by atoms with E-state index in [4.69, 9.17) is 0 Å². The second kappa shape index (κ2) is 10.6. The van der Waals surface area contributed by atoms with Gasteiger partial charge in [0, 0.05) is 59.6 Å². The molecule has 1 saturated heterocycles. The van der Waals surface area contributed by atoms with E-state index in [9.17, 15) is 9.59 Å². The molecule has 1 aliphatic heterocycles. The molecule has 2 aromatic rings. The number of halogens is 2. The molecular weight excluding hydrogens is 502 g/mol. The number of nitrogens with zero attached hydrogens (tertiary/aromatic N) is 2. The first-order chi connectivity index (χ1) is 14.0. The summed E-state index contributed by atoms with van der Waals surface area (Å²) >= 11 is 6.75. The van der Waals surface area contributed by atoms with Crippen LogP contribution in [0.5, 0.6) is 0 Å². The lowest BCUT2D eigenvalue weighted by Crippen LogP contribution is -2.51. The standard InChI is InChI=1S/C20H23Br2N5O2/c21-15-1-5-17(6-2-15)24-19(28)23-9-10-26-11-13-27(14-12-26)20(29)25-18-7-3-16(22)4-8-18/h1-8H,9-14H2,(H,25,29)(H2,23,24,28). The summed E-state index contributed by atoms with van der Waals surface area (Å²) in [7, 11) is 0. The van der Waals surface area contributed by atoms with Crippen molar-refractivity contribution in [2.75, 3.05) is 49.9 Å². The van der Waals surface area contributed by atoms with Gasteiger partial charge in [-0.25, -0.2) is 9.59 Å². The average Bonchev–Trinajstić information content (AvgIpc) is 2.72. The monoisotopic (exact) mass is 523 g/mol. The Balaban J connectivity index is 1.33. The summed E-state index contributed by atoms with van der Waals surface area (Å²) in [5, 5.41) is 8.58. The number of benzene rings is 2. The minimum Gasteiger partial charge on any atom is -0.337 e. The second-order valence-electron chi connectivity index (χ2n) is 6.65. The lowest BCUT2D eigenvalue weighted by molar-refractivity contribution is 0.148. The van der Waals surface area contributed by atoms with E-state index in [0.29, 0.717) is 19.6 Å². The van der Waals surface area contributed by atoms with E-state index in [0.717, 1.165) is 40.0 Å². The molecule has 0 aromatic heterocycles. The fraction of sp³-hybridized carbons (Fsp3) is 0.300. The van der Waals surface area contributed by atoms with Crippen LogP contribution in [0.1, 0.15) is 0 Å². The average molecular weight is 525 g/mol. The molecule has 3 N–H and O–H groups in total. The molecule has 0 spiro atoms. The molecule has 0 atom stereocenters. The minimum atomic E-state index is -0.222. The van der Waals surface area contributed by atoms with Crippen LogP contribution in [0, 0.1) is 0 Å². The molecule has 1 fully saturated rings. The Labute approximate surface area is 187 Å². The van der Waals surface area contributed by atoms with Crippen molar-refractivity contribution in [2.45, 2.75) is 0 Å². The minimum absolute atomic E-state index is 0.0843. The normalized spacial score (nSPS) is 14.3. The van der Waals surface area contributed by atoms with Crippen molar-refractivity contribution in [3.63, 3.8) is 0 Å². The Morgan fingerprint density at radius 2 is 1.31 bits per heavy atom. The highest BCUT2D eigenvalue weighted by Crippen LogP contribution is 2.15. The van der Waals surface area contributed by atoms with E-state index in [1.807, 2.05) is 53.4 Å². The molecule has 7 nitrogen and oxygen atoms in total. The molecule has 4 amide bonds. The highest BCUT2D eigenvalue weighted by Gasteiger charge is 2.21. The molecule has 1 heterocycles. The molecule has 9 heteroatoms. The van der Waals surface area contributed by atoms with Crippen LogP contribution in [0.15, 0.2) is 57.5 Å². The summed E-state index contributed by atoms with van der Waals surface area (Å²) in [6.07, 6.45) is 0. The highest BCUT2D eigenvalue weighted by molar-refractivity contribution is 9.10. The number of urea groups is 2. The molecular formula is C20H23Br2N5O2. The summed E-state index contributed by atoms with van der Waals surface area (Å²) in [5.74, 6) is 0. The van der Waals surface area contributed by atoms with Crippen LogP contribution in [0.3, 0.4) is 0 Å². The predicted octanol–water partition coefficient (Wildman–Crippen LogP) is 4.18. The summed E-state index contributed by atoms with van der Waals surface area (Å²) in [4.78, 5) is 28.4. The van der Waals surface area contributed by atoms with Crippen LogP contribution < -0.4 is 16.0 Å². The third-order valence-electron chi connectivity index (χ3n) is 4.57. The van der Waals surface area contributed by atoms with Gasteiger partial charge in [0.1, 0.15) is 0 Å². The topological polar surface area (TPSA) is 76.7 Å². The Hall–Kier alpha value is -2.10. The fourth-order valence-electron chi connectivity index (χ4n) is 2.95. The molecule has 0 unspecified atom stereocenters. The summed E-state index contributed by atoms with van der Waals surface area (Å²) in [5.41, 5.74) is 1.53. The van der Waals surface area contributed by atoms with Crippen LogP contribution in [0.4, 0.5) is 21.0 Å². The number of amides is 4. The molecule has 3 rings (SSSR count). The van der Waals surface area contributed by atoms with Crippen LogP contribution in [-0.2, 0) is 0 Å². The van der Waals surface area contributed by atoms with Crippen molar-refractivity contribution in [3.05, 3.63) is 57.5 Å². The van der Waals surface area contributed by atoms with Gasteiger partial charge in [-0.3, -0.25) is 4.90 Å². The third-order valence-corrected chi connectivity index (χ3v) is 5.63. The maximum Gasteiger partial charge on any atom is 0.321 e. The predicted molar refractivity (Wildman–Crippen MR) is 122 cm³/mol. The van der Waals surface area contributed by atoms with Gasteiger partial charge in [0.05, 0.1) is 0 Å². The molecule has 0 aliphatic carbocycles. The lowest BCUT2D eigenvalue weighted by atomic mass is 10.3. The Morgan fingerprint density at radius 1 is 0.793 bits per heavy atom. The highest BCUT2D eigenvalue weighted by atomic mass is 79.9. The van der Waals surface area contributed by atoms with Gasteiger partial charge in [-0.15, -0.1) is 0 Å². The van der Waals surface area contributed by atoms with Crippen LogP contribution in [0.25, 0.3) is 0 Å². The molecule has 0 radical (unpaired) electrons. The Morgan fingerprint density at radius 3 is 1.86 bits per heavy atom. The zero-order chi connectivity index (χ0) is 20.6. The SMILES string of the molecule is O=C(NCCN1CCN(C(=O)Nc2ccc(Br)cc2)CC1)Nc1ccc(Br)cc1. The number of carbonyl (C=O) groups excluding carboxylic acids is 2. The fourth-order valence-corrected chi connectivity index (χ4v) is 3.48. The number of hydrogen-bond donors (Lipinski definition) is 3. The first-order valence-electron chi connectivity index (χ1n) is 9.34. The first kappa shape index (κ1) is 21.6. The number of piperazine rings is 1. The first-order valence-corrected chi connectivity index (χ1v) is 10.9. The van der Waals surface area contributed by atoms with Gasteiger partial charge in [-0.1, -0.05) is 31.9 Å². The van der Waals surface area contributed by atoms with Gasteiger partial charge in [-0.05, 0) is 48.5 Å². The molecule has 154 valence electrons. The van der Waals surface area contributed by atoms with Crippen molar-refractivity contribution in [2.24, 2.45) is 0 Å². The number of rotatable bonds is 5. The van der Waals surface area contributed by atoms with Gasteiger partial charge in [-0.2, -0.15) is 0 Å². The van der Waals surface area contributed by atoms with Crippen molar-refractivity contribution in [1.29, 1.82) is 0 Å². The number of hydrogen-bond acceptors (Lipinski definition) is 3. The third kappa shape index (κ3) is 7.02. The maximum atomic E-state index is 12.4. The smallest absolute Gasteiger partial charge is 0.321 e. The van der Waals surface area contributed by atoms with E-state index in [2.05, 4.69) is 52.7 Å².